The van der Waals surface area contributed by atoms with Gasteiger partial charge in [0.15, 0.2) is 0 Å². The van der Waals surface area contributed by atoms with E-state index < -0.39 is 0 Å². The van der Waals surface area contributed by atoms with Gasteiger partial charge in [-0.15, -0.1) is 10.2 Å². The Morgan fingerprint density at radius 3 is 2.53 bits per heavy atom. The van der Waals surface area contributed by atoms with Crippen molar-refractivity contribution in [3.8, 4) is 0 Å². The van der Waals surface area contributed by atoms with Crippen molar-refractivity contribution in [3.05, 3.63) is 69.2 Å². The van der Waals surface area contributed by atoms with E-state index in [1.54, 1.807) is 0 Å². The molecule has 0 unspecified atom stereocenters. The summed E-state index contributed by atoms with van der Waals surface area (Å²) in [4.78, 5) is 27.3. The van der Waals surface area contributed by atoms with Crippen molar-refractivity contribution in [2.45, 2.75) is 39.5 Å². The van der Waals surface area contributed by atoms with Crippen LogP contribution in [0.5, 0.6) is 0 Å². The highest BCUT2D eigenvalue weighted by molar-refractivity contribution is 7.13. The molecule has 0 bridgehead atoms. The number of rotatable bonds is 4. The van der Waals surface area contributed by atoms with Gasteiger partial charge in [0.2, 0.25) is 5.01 Å². The molecule has 0 aliphatic carbocycles. The predicted octanol–water partition coefficient (Wildman–Crippen LogP) is 5.13. The Hall–Kier alpha value is -3.26. The van der Waals surface area contributed by atoms with Crippen molar-refractivity contribution >= 4 is 34.6 Å². The summed E-state index contributed by atoms with van der Waals surface area (Å²) in [6.07, 6.45) is 1.80. The lowest BCUT2D eigenvalue weighted by molar-refractivity contribution is 0.102. The van der Waals surface area contributed by atoms with Crippen LogP contribution in [0.25, 0.3) is 0 Å². The monoisotopic (exact) mass is 449 g/mol. The minimum Gasteiger partial charge on any atom is -0.324 e. The molecule has 1 fully saturated rings. The number of aryl methyl sites for hydroxylation is 2. The molecule has 2 aromatic carbocycles. The molecule has 0 saturated carbocycles. The fraction of sp³-hybridized carbons (Fsp3) is 0.333. The molecular weight excluding hydrogens is 422 g/mol. The zero-order valence-electron chi connectivity index (χ0n) is 18.5. The molecule has 32 heavy (non-hydrogen) atoms. The van der Waals surface area contributed by atoms with E-state index in [2.05, 4.69) is 20.8 Å². The fourth-order valence-electron chi connectivity index (χ4n) is 3.82. The van der Waals surface area contributed by atoms with Crippen molar-refractivity contribution in [2.24, 2.45) is 0 Å². The van der Waals surface area contributed by atoms with Crippen LogP contribution in [0.3, 0.4) is 0 Å². The SMILES string of the molecule is Cc1ccccc1NC(=O)c1nnc([C@H]2CCCN(C(=O)Nc3cccc(C)c3C)C2)s1. The Morgan fingerprint density at radius 2 is 1.72 bits per heavy atom. The zero-order valence-corrected chi connectivity index (χ0v) is 19.3. The molecule has 1 aliphatic heterocycles. The molecule has 0 spiro atoms. The first-order valence-corrected chi connectivity index (χ1v) is 11.6. The van der Waals surface area contributed by atoms with Crippen molar-refractivity contribution < 1.29 is 9.59 Å². The second-order valence-electron chi connectivity index (χ2n) is 8.18. The molecular formula is C24H27N5O2S. The van der Waals surface area contributed by atoms with Crippen LogP contribution >= 0.6 is 11.3 Å². The molecule has 3 aromatic rings. The quantitative estimate of drug-likeness (QED) is 0.578. The van der Waals surface area contributed by atoms with Gasteiger partial charge in [-0.25, -0.2) is 4.79 Å². The molecule has 2 heterocycles. The van der Waals surface area contributed by atoms with Crippen LogP contribution in [-0.2, 0) is 0 Å². The van der Waals surface area contributed by atoms with Gasteiger partial charge in [-0.1, -0.05) is 41.7 Å². The van der Waals surface area contributed by atoms with E-state index in [1.165, 1.54) is 11.3 Å². The Labute approximate surface area is 191 Å². The van der Waals surface area contributed by atoms with Crippen molar-refractivity contribution in [1.82, 2.24) is 15.1 Å². The summed E-state index contributed by atoms with van der Waals surface area (Å²) in [6, 6.07) is 13.4. The molecule has 7 nitrogen and oxygen atoms in total. The standard InChI is InChI=1S/C24H27N5O2S/c1-15-9-6-12-20(17(15)3)26-24(31)29-13-7-10-18(14-29)22-27-28-23(32-22)21(30)25-19-11-5-4-8-16(19)2/h4-6,8-9,11-12,18H,7,10,13-14H2,1-3H3,(H,25,30)(H,26,31)/t18-/m0/s1. The molecule has 2 N–H and O–H groups in total. The fourth-order valence-corrected chi connectivity index (χ4v) is 4.69. The number of hydrogen-bond donors (Lipinski definition) is 2. The third-order valence-corrected chi connectivity index (χ3v) is 7.02. The third kappa shape index (κ3) is 4.80. The van der Waals surface area contributed by atoms with Crippen molar-refractivity contribution in [3.63, 3.8) is 0 Å². The highest BCUT2D eigenvalue weighted by atomic mass is 32.1. The number of anilines is 2. The average molecular weight is 450 g/mol. The van der Waals surface area contributed by atoms with E-state index >= 15 is 0 Å². The second-order valence-corrected chi connectivity index (χ2v) is 9.19. The first-order valence-electron chi connectivity index (χ1n) is 10.7. The van der Waals surface area contributed by atoms with Gasteiger partial charge in [0.05, 0.1) is 0 Å². The maximum Gasteiger partial charge on any atom is 0.321 e. The van der Waals surface area contributed by atoms with Gasteiger partial charge in [0.1, 0.15) is 5.01 Å². The minimum absolute atomic E-state index is 0.0746. The lowest BCUT2D eigenvalue weighted by Gasteiger charge is -2.31. The molecule has 1 aliphatic rings. The number of carbonyl (C=O) groups is 2. The summed E-state index contributed by atoms with van der Waals surface area (Å²) in [5, 5.41) is 15.5. The maximum atomic E-state index is 12.9. The van der Waals surface area contributed by atoms with Crippen LogP contribution in [0.1, 0.15) is 50.3 Å². The number of nitrogens with zero attached hydrogens (tertiary/aromatic N) is 3. The summed E-state index contributed by atoms with van der Waals surface area (Å²) in [5.74, 6) is -0.186. The normalized spacial score (nSPS) is 16.0. The van der Waals surface area contributed by atoms with Crippen molar-refractivity contribution in [1.29, 1.82) is 0 Å². The second kappa shape index (κ2) is 9.48. The number of para-hydroxylation sites is 1. The lowest BCUT2D eigenvalue weighted by atomic mass is 9.99. The Kier molecular flexibility index (Phi) is 6.50. The van der Waals surface area contributed by atoms with Gasteiger partial charge in [-0.2, -0.15) is 0 Å². The van der Waals surface area contributed by atoms with E-state index in [-0.39, 0.29) is 17.9 Å². The van der Waals surface area contributed by atoms with E-state index in [9.17, 15) is 9.59 Å². The number of likely N-dealkylation sites (tertiary alicyclic amines) is 1. The van der Waals surface area contributed by atoms with Crippen LogP contribution in [0.4, 0.5) is 16.2 Å². The number of urea groups is 1. The Morgan fingerprint density at radius 1 is 0.969 bits per heavy atom. The molecule has 1 aromatic heterocycles. The summed E-state index contributed by atoms with van der Waals surface area (Å²) in [6.45, 7) is 7.25. The molecule has 0 radical (unpaired) electrons. The number of amides is 3. The summed E-state index contributed by atoms with van der Waals surface area (Å²) >= 11 is 1.30. The van der Waals surface area contributed by atoms with Crippen LogP contribution in [0.15, 0.2) is 42.5 Å². The van der Waals surface area contributed by atoms with Crippen LogP contribution in [-0.4, -0.2) is 40.1 Å². The minimum atomic E-state index is -0.261. The van der Waals surface area contributed by atoms with Gasteiger partial charge in [-0.05, 0) is 62.4 Å². The number of nitrogens with one attached hydrogen (secondary N) is 2. The number of aromatic nitrogens is 2. The number of benzene rings is 2. The molecule has 4 rings (SSSR count). The van der Waals surface area contributed by atoms with Crippen LogP contribution < -0.4 is 10.6 Å². The van der Waals surface area contributed by atoms with Gasteiger partial charge in [-0.3, -0.25) is 4.79 Å². The number of carbonyl (C=O) groups excluding carboxylic acids is 2. The zero-order chi connectivity index (χ0) is 22.7. The largest absolute Gasteiger partial charge is 0.324 e. The van der Waals surface area contributed by atoms with Gasteiger partial charge >= 0.3 is 6.03 Å². The molecule has 1 saturated heterocycles. The van der Waals surface area contributed by atoms with Crippen LogP contribution in [0, 0.1) is 20.8 Å². The van der Waals surface area contributed by atoms with Gasteiger partial charge in [0, 0.05) is 30.4 Å². The van der Waals surface area contributed by atoms with Gasteiger partial charge < -0.3 is 15.5 Å². The Bertz CT molecular complexity index is 1140. The predicted molar refractivity (Wildman–Crippen MR) is 128 cm³/mol. The maximum absolute atomic E-state index is 12.9. The summed E-state index contributed by atoms with van der Waals surface area (Å²) < 4.78 is 0. The molecule has 8 heteroatoms. The number of hydrogen-bond acceptors (Lipinski definition) is 5. The van der Waals surface area contributed by atoms with Crippen LogP contribution in [0.2, 0.25) is 0 Å². The smallest absolute Gasteiger partial charge is 0.321 e. The van der Waals surface area contributed by atoms with Gasteiger partial charge in [0.25, 0.3) is 5.91 Å². The third-order valence-electron chi connectivity index (χ3n) is 5.93. The van der Waals surface area contributed by atoms with E-state index in [0.29, 0.717) is 18.1 Å². The molecule has 166 valence electrons. The first kappa shape index (κ1) is 22.0. The Balaban J connectivity index is 1.41. The van der Waals surface area contributed by atoms with Crippen molar-refractivity contribution in [2.75, 3.05) is 23.7 Å². The lowest BCUT2D eigenvalue weighted by Crippen LogP contribution is -2.41. The number of piperidine rings is 1. The van der Waals surface area contributed by atoms with E-state index in [4.69, 9.17) is 0 Å². The molecule has 1 atom stereocenters. The average Bonchev–Trinajstić information content (AvgIpc) is 3.29. The summed E-state index contributed by atoms with van der Waals surface area (Å²) in [5.41, 5.74) is 4.81. The summed E-state index contributed by atoms with van der Waals surface area (Å²) in [7, 11) is 0. The highest BCUT2D eigenvalue weighted by Crippen LogP contribution is 2.30. The highest BCUT2D eigenvalue weighted by Gasteiger charge is 2.28. The van der Waals surface area contributed by atoms with E-state index in [0.717, 1.165) is 45.9 Å². The van der Waals surface area contributed by atoms with E-state index in [1.807, 2.05) is 68.1 Å². The first-order chi connectivity index (χ1) is 15.4. The molecule has 3 amide bonds. The topological polar surface area (TPSA) is 87.2 Å².